The fourth-order valence-corrected chi connectivity index (χ4v) is 6.50. The lowest BCUT2D eigenvalue weighted by molar-refractivity contribution is 0.0764. The summed E-state index contributed by atoms with van der Waals surface area (Å²) in [6, 6.07) is 15.7. The van der Waals surface area contributed by atoms with Gasteiger partial charge in [0.15, 0.2) is 28.8 Å². The molecule has 2 N–H and O–H groups in total. The predicted octanol–water partition coefficient (Wildman–Crippen LogP) is 5.97. The van der Waals surface area contributed by atoms with E-state index in [2.05, 4.69) is 0 Å². The highest BCUT2D eigenvalue weighted by atomic mass is 16.5. The number of Topliss-reactive ketones (excluding diaryl/α,β-unsaturated/α-hetero) is 1. The van der Waals surface area contributed by atoms with E-state index in [4.69, 9.17) is 37.9 Å². The molecular weight excluding hydrogens is 632 g/mol. The molecule has 4 aromatic carbocycles. The number of rotatable bonds is 11. The van der Waals surface area contributed by atoms with Crippen molar-refractivity contribution in [3.8, 4) is 46.0 Å². The Morgan fingerprint density at radius 1 is 0.653 bits per heavy atom. The molecule has 0 radical (unpaired) electrons. The number of aliphatic hydroxyl groups is 2. The van der Waals surface area contributed by atoms with Crippen molar-refractivity contribution in [3.05, 3.63) is 99.6 Å². The van der Waals surface area contributed by atoms with Crippen molar-refractivity contribution < 1.29 is 52.9 Å². The van der Waals surface area contributed by atoms with Crippen molar-refractivity contribution in [3.63, 3.8) is 0 Å². The quantitative estimate of drug-likeness (QED) is 0.196. The average Bonchev–Trinajstić information content (AvgIpc) is 3.15. The lowest BCUT2D eigenvalue weighted by Gasteiger charge is -2.37. The van der Waals surface area contributed by atoms with E-state index in [0.717, 1.165) is 5.56 Å². The van der Waals surface area contributed by atoms with Gasteiger partial charge in [-0.25, -0.2) is 0 Å². The summed E-state index contributed by atoms with van der Waals surface area (Å²) in [5, 5.41) is 20.8. The summed E-state index contributed by atoms with van der Waals surface area (Å²) in [6.07, 6.45) is 2.23. The molecular formula is C38H38O11. The summed E-state index contributed by atoms with van der Waals surface area (Å²) in [4.78, 5) is 15.0. The van der Waals surface area contributed by atoms with Crippen LogP contribution < -0.4 is 37.9 Å². The summed E-state index contributed by atoms with van der Waals surface area (Å²) < 4.78 is 46.9. The van der Waals surface area contributed by atoms with E-state index < -0.39 is 24.7 Å². The van der Waals surface area contributed by atoms with Gasteiger partial charge in [0.25, 0.3) is 0 Å². The molecule has 6 rings (SSSR count). The predicted molar refractivity (Wildman–Crippen MR) is 180 cm³/mol. The van der Waals surface area contributed by atoms with E-state index in [0.29, 0.717) is 62.3 Å². The Kier molecular flexibility index (Phi) is 9.57. The molecule has 2 aliphatic rings. The minimum atomic E-state index is -1.04. The summed E-state index contributed by atoms with van der Waals surface area (Å²) in [5.41, 5.74) is 3.53. The van der Waals surface area contributed by atoms with Gasteiger partial charge in [0.2, 0.25) is 0 Å². The molecule has 0 fully saturated rings. The summed E-state index contributed by atoms with van der Waals surface area (Å²) >= 11 is 0. The summed E-state index contributed by atoms with van der Waals surface area (Å²) in [7, 11) is 9.18. The van der Waals surface area contributed by atoms with E-state index in [1.165, 1.54) is 28.4 Å². The first kappa shape index (κ1) is 33.5. The van der Waals surface area contributed by atoms with Crippen molar-refractivity contribution in [2.45, 2.75) is 31.3 Å². The van der Waals surface area contributed by atoms with Crippen LogP contribution in [0.1, 0.15) is 61.9 Å². The van der Waals surface area contributed by atoms with Crippen LogP contribution in [0.15, 0.2) is 60.7 Å². The van der Waals surface area contributed by atoms with Crippen LogP contribution in [-0.4, -0.2) is 58.7 Å². The lowest BCUT2D eigenvalue weighted by Crippen LogP contribution is -2.32. The van der Waals surface area contributed by atoms with Gasteiger partial charge in [-0.15, -0.1) is 0 Å². The van der Waals surface area contributed by atoms with Crippen LogP contribution >= 0.6 is 0 Å². The first-order chi connectivity index (χ1) is 23.8. The van der Waals surface area contributed by atoms with Gasteiger partial charge in [-0.3, -0.25) is 4.79 Å². The number of benzene rings is 4. The molecule has 256 valence electrons. The Morgan fingerprint density at radius 2 is 1.27 bits per heavy atom. The minimum absolute atomic E-state index is 0.206. The Hall–Kier alpha value is -5.39. The third kappa shape index (κ3) is 5.85. The zero-order valence-electron chi connectivity index (χ0n) is 28.1. The Balaban J connectivity index is 1.59. The molecule has 11 heteroatoms. The number of hydrogen-bond acceptors (Lipinski definition) is 11. The molecule has 3 atom stereocenters. The van der Waals surface area contributed by atoms with Crippen LogP contribution in [-0.2, 0) is 13.2 Å². The van der Waals surface area contributed by atoms with Crippen molar-refractivity contribution in [1.29, 1.82) is 0 Å². The molecule has 0 spiro atoms. The van der Waals surface area contributed by atoms with Gasteiger partial charge in [-0.05, 0) is 71.3 Å². The second-order valence-electron chi connectivity index (χ2n) is 11.4. The molecule has 49 heavy (non-hydrogen) atoms. The molecule has 11 nitrogen and oxygen atoms in total. The third-order valence-electron chi connectivity index (χ3n) is 8.88. The van der Waals surface area contributed by atoms with Gasteiger partial charge >= 0.3 is 0 Å². The van der Waals surface area contributed by atoms with Crippen LogP contribution in [0.4, 0.5) is 0 Å². The highest BCUT2D eigenvalue weighted by Gasteiger charge is 2.45. The number of aliphatic hydroxyl groups excluding tert-OH is 2. The van der Waals surface area contributed by atoms with Crippen LogP contribution in [0.2, 0.25) is 0 Å². The van der Waals surface area contributed by atoms with Gasteiger partial charge in [0.05, 0.1) is 67.4 Å². The van der Waals surface area contributed by atoms with Crippen molar-refractivity contribution in [2.75, 3.05) is 42.7 Å². The smallest absolute Gasteiger partial charge is 0.182 e. The van der Waals surface area contributed by atoms with E-state index >= 15 is 0 Å². The first-order valence-electron chi connectivity index (χ1n) is 15.5. The van der Waals surface area contributed by atoms with Crippen LogP contribution in [0, 0.1) is 0 Å². The van der Waals surface area contributed by atoms with Crippen LogP contribution in [0.25, 0.3) is 6.08 Å². The van der Waals surface area contributed by atoms with Gasteiger partial charge in [0.1, 0.15) is 40.8 Å². The maximum Gasteiger partial charge on any atom is 0.182 e. The molecule has 0 aromatic heterocycles. The number of fused-ring (bicyclic) bond motifs is 2. The minimum Gasteiger partial charge on any atom is -0.496 e. The van der Waals surface area contributed by atoms with Gasteiger partial charge in [0, 0.05) is 11.1 Å². The third-order valence-corrected chi connectivity index (χ3v) is 8.88. The topological polar surface area (TPSA) is 131 Å². The van der Waals surface area contributed by atoms with Crippen molar-refractivity contribution in [1.82, 2.24) is 0 Å². The van der Waals surface area contributed by atoms with Crippen molar-refractivity contribution in [2.24, 2.45) is 0 Å². The van der Waals surface area contributed by atoms with E-state index in [-0.39, 0.29) is 29.5 Å². The fraction of sp³-hybridized carbons (Fsp3) is 0.289. The molecule has 0 saturated carbocycles. The second kappa shape index (κ2) is 14.0. The fourth-order valence-electron chi connectivity index (χ4n) is 6.50. The summed E-state index contributed by atoms with van der Waals surface area (Å²) in [5.74, 6) is 1.98. The monoisotopic (exact) mass is 670 g/mol. The van der Waals surface area contributed by atoms with Crippen LogP contribution in [0.5, 0.6) is 46.0 Å². The van der Waals surface area contributed by atoms with E-state index in [1.54, 1.807) is 56.7 Å². The van der Waals surface area contributed by atoms with Gasteiger partial charge in [-0.2, -0.15) is 0 Å². The molecule has 0 saturated heterocycles. The largest absolute Gasteiger partial charge is 0.496 e. The number of methoxy groups -OCH3 is 6. The highest BCUT2D eigenvalue weighted by molar-refractivity contribution is 6.07. The number of ether oxygens (including phenoxy) is 8. The Bertz CT molecular complexity index is 1910. The van der Waals surface area contributed by atoms with Crippen LogP contribution in [0.3, 0.4) is 0 Å². The first-order valence-corrected chi connectivity index (χ1v) is 15.5. The van der Waals surface area contributed by atoms with Gasteiger partial charge < -0.3 is 48.1 Å². The zero-order valence-corrected chi connectivity index (χ0v) is 28.1. The molecule has 0 unspecified atom stereocenters. The number of carbonyl (C=O) groups is 1. The number of carbonyl (C=O) groups excluding carboxylic acids is 1. The van der Waals surface area contributed by atoms with Crippen molar-refractivity contribution >= 4 is 11.9 Å². The second-order valence-corrected chi connectivity index (χ2v) is 11.4. The SMILES string of the molecule is COc1ccc([C@@H]2C=Cc3c(OC)cc(CO)c([C@@H]4C(=O)c5c(OC)cc(CO)cc5O[C@@H]4c4ccc(OC)c(OC)c4)c3O2)cc1OC. The maximum atomic E-state index is 15.0. The van der Waals surface area contributed by atoms with E-state index in [1.807, 2.05) is 24.3 Å². The highest BCUT2D eigenvalue weighted by Crippen LogP contribution is 2.54. The molecule has 2 aliphatic heterocycles. The summed E-state index contributed by atoms with van der Waals surface area (Å²) in [6.45, 7) is -0.715. The average molecular weight is 671 g/mol. The molecule has 0 bridgehead atoms. The molecule has 2 heterocycles. The molecule has 0 amide bonds. The number of hydrogen-bond donors (Lipinski definition) is 2. The Morgan fingerprint density at radius 3 is 1.86 bits per heavy atom. The normalized spacial score (nSPS) is 17.6. The number of ketones is 1. The maximum absolute atomic E-state index is 15.0. The Labute approximate surface area is 284 Å². The standard InChI is InChI=1S/C38H38O11/c1-42-26-10-7-21(15-29(26)45-4)25-12-9-24-28(44-3)17-23(19-40)33(38(24)48-25)35-36(41)34-31(47-6)13-20(18-39)14-32(34)49-37(35)22-8-11-27(43-2)30(16-22)46-5/h7-17,25,35,37,39-40H,18-19H2,1-6H3/t25-,35+,37+/m0/s1. The van der Waals surface area contributed by atoms with Gasteiger partial charge in [-0.1, -0.05) is 12.1 Å². The molecule has 4 aromatic rings. The van der Waals surface area contributed by atoms with E-state index in [9.17, 15) is 15.0 Å². The molecule has 0 aliphatic carbocycles. The zero-order chi connectivity index (χ0) is 34.8. The lowest BCUT2D eigenvalue weighted by atomic mass is 9.77.